The second kappa shape index (κ2) is 13.2. The molecule has 4 rings (SSSR count). The van der Waals surface area contributed by atoms with Crippen molar-refractivity contribution in [3.63, 3.8) is 0 Å². The van der Waals surface area contributed by atoms with E-state index >= 15 is 0 Å². The standard InChI is InChI=1S/C31H36Cl3N3O5/c1-17(2)37(35-19(4)30(38)39)20(5)22-13-31(40,14-22)23(15-32)12-9-18(3)41-16-24-28(36-42-29(24)21-10-11-21)27-25(33)7-6-8-26(27)34/h6-9,12,17,21-22,40H,5,10-11,13-16H2,1-4H3,(H,38,39)/b18-9+,23-12+,35-19+/t22-,31+. The minimum absolute atomic E-state index is 0.0288. The van der Waals surface area contributed by atoms with E-state index < -0.39 is 11.6 Å². The fourth-order valence-electron chi connectivity index (χ4n) is 4.98. The van der Waals surface area contributed by atoms with Crippen LogP contribution in [0, 0.1) is 5.92 Å². The largest absolute Gasteiger partial charge is 0.493 e. The van der Waals surface area contributed by atoms with Crippen LogP contribution in [0.15, 0.2) is 63.6 Å². The molecule has 2 saturated carbocycles. The number of carbonyl (C=O) groups is 1. The van der Waals surface area contributed by atoms with Gasteiger partial charge in [0.1, 0.15) is 23.8 Å². The first-order valence-electron chi connectivity index (χ1n) is 13.8. The summed E-state index contributed by atoms with van der Waals surface area (Å²) in [7, 11) is 0. The number of aromatic nitrogens is 1. The molecule has 42 heavy (non-hydrogen) atoms. The van der Waals surface area contributed by atoms with Crippen LogP contribution in [0.5, 0.6) is 0 Å². The number of aliphatic hydroxyl groups is 1. The van der Waals surface area contributed by atoms with Crippen molar-refractivity contribution in [1.29, 1.82) is 0 Å². The van der Waals surface area contributed by atoms with E-state index in [1.165, 1.54) is 6.92 Å². The summed E-state index contributed by atoms with van der Waals surface area (Å²) in [5, 5.41) is 31.7. The van der Waals surface area contributed by atoms with E-state index in [0.717, 1.165) is 24.2 Å². The van der Waals surface area contributed by atoms with Gasteiger partial charge in [-0.15, -0.1) is 11.6 Å². The average molecular weight is 637 g/mol. The molecule has 0 saturated heterocycles. The molecular formula is C31H36Cl3N3O5. The minimum atomic E-state index is -1.11. The number of carboxylic acids is 1. The SMILES string of the molecule is C=C([C@H]1C[C@](O)(/C(=C/C=C(\C)OCc2c(-c3c(Cl)cccc3Cl)noc2C2CC2)CCl)C1)N(/N=C(\C)C(=O)O)C(C)C. The van der Waals surface area contributed by atoms with Gasteiger partial charge in [-0.3, -0.25) is 5.01 Å². The van der Waals surface area contributed by atoms with Gasteiger partial charge in [0.25, 0.3) is 0 Å². The van der Waals surface area contributed by atoms with Gasteiger partial charge < -0.3 is 19.5 Å². The first-order valence-corrected chi connectivity index (χ1v) is 15.1. The van der Waals surface area contributed by atoms with Gasteiger partial charge in [-0.25, -0.2) is 4.79 Å². The smallest absolute Gasteiger partial charge is 0.351 e. The molecule has 11 heteroatoms. The Balaban J connectivity index is 1.46. The fourth-order valence-corrected chi connectivity index (χ4v) is 5.89. The van der Waals surface area contributed by atoms with E-state index in [2.05, 4.69) is 16.8 Å². The summed E-state index contributed by atoms with van der Waals surface area (Å²) in [4.78, 5) is 11.3. The predicted molar refractivity (Wildman–Crippen MR) is 166 cm³/mol. The van der Waals surface area contributed by atoms with Gasteiger partial charge in [0.2, 0.25) is 0 Å². The van der Waals surface area contributed by atoms with Gasteiger partial charge >= 0.3 is 5.97 Å². The molecule has 0 atom stereocenters. The van der Waals surface area contributed by atoms with E-state index in [0.29, 0.717) is 57.1 Å². The van der Waals surface area contributed by atoms with Gasteiger partial charge in [0.05, 0.1) is 27.0 Å². The van der Waals surface area contributed by atoms with Crippen LogP contribution in [0.2, 0.25) is 10.0 Å². The lowest BCUT2D eigenvalue weighted by Gasteiger charge is -2.47. The van der Waals surface area contributed by atoms with Crippen LogP contribution in [0.4, 0.5) is 0 Å². The van der Waals surface area contributed by atoms with Crippen molar-refractivity contribution in [2.45, 2.75) is 77.5 Å². The molecule has 0 aliphatic heterocycles. The van der Waals surface area contributed by atoms with Gasteiger partial charge in [-0.05, 0) is 77.2 Å². The molecule has 1 aromatic carbocycles. The molecule has 2 aliphatic carbocycles. The Morgan fingerprint density at radius 1 is 1.26 bits per heavy atom. The lowest BCUT2D eigenvalue weighted by molar-refractivity contribution is -0.129. The Kier molecular flexibility index (Phi) is 10.1. The number of allylic oxidation sites excluding steroid dienone is 4. The normalized spacial score (nSPS) is 21.4. The Morgan fingerprint density at radius 3 is 2.45 bits per heavy atom. The van der Waals surface area contributed by atoms with Crippen LogP contribution in [0.1, 0.15) is 70.6 Å². The van der Waals surface area contributed by atoms with Crippen molar-refractivity contribution in [1.82, 2.24) is 10.2 Å². The summed E-state index contributed by atoms with van der Waals surface area (Å²) in [6.45, 7) is 11.4. The summed E-state index contributed by atoms with van der Waals surface area (Å²) in [6, 6.07) is 5.21. The van der Waals surface area contributed by atoms with E-state index in [-0.39, 0.29) is 30.2 Å². The third-order valence-electron chi connectivity index (χ3n) is 7.66. The number of carboxylic acid groups (broad SMARTS) is 1. The molecule has 2 N–H and O–H groups in total. The highest BCUT2D eigenvalue weighted by Gasteiger charge is 2.47. The maximum absolute atomic E-state index is 11.3. The van der Waals surface area contributed by atoms with E-state index in [1.54, 1.807) is 35.4 Å². The van der Waals surface area contributed by atoms with Crippen molar-refractivity contribution in [2.24, 2.45) is 11.0 Å². The third-order valence-corrected chi connectivity index (χ3v) is 8.58. The molecule has 0 amide bonds. The molecular weight excluding hydrogens is 601 g/mol. The minimum Gasteiger partial charge on any atom is -0.493 e. The fraction of sp³-hybridized carbons (Fsp3) is 0.452. The molecule has 0 spiro atoms. The molecule has 2 aliphatic rings. The van der Waals surface area contributed by atoms with Crippen LogP contribution in [0.25, 0.3) is 11.3 Å². The number of hydrogen-bond donors (Lipinski definition) is 2. The van der Waals surface area contributed by atoms with Crippen LogP contribution >= 0.6 is 34.8 Å². The Morgan fingerprint density at radius 2 is 1.90 bits per heavy atom. The summed E-state index contributed by atoms with van der Waals surface area (Å²) in [5.41, 5.74) is 2.19. The topological polar surface area (TPSA) is 108 Å². The third kappa shape index (κ3) is 7.05. The monoisotopic (exact) mass is 635 g/mol. The molecule has 0 unspecified atom stereocenters. The van der Waals surface area contributed by atoms with Crippen molar-refractivity contribution >= 4 is 46.5 Å². The summed E-state index contributed by atoms with van der Waals surface area (Å²) in [6.07, 6.45) is 6.43. The average Bonchev–Trinajstić information content (AvgIpc) is 3.68. The quantitative estimate of drug-likeness (QED) is 0.0755. The zero-order valence-electron chi connectivity index (χ0n) is 24.2. The van der Waals surface area contributed by atoms with Gasteiger partial charge in [-0.1, -0.05) is 47.1 Å². The number of halogens is 3. The van der Waals surface area contributed by atoms with Crippen LogP contribution in [-0.2, 0) is 16.1 Å². The first kappa shape index (κ1) is 32.1. The molecule has 2 fully saturated rings. The van der Waals surface area contributed by atoms with Crippen molar-refractivity contribution < 1.29 is 24.3 Å². The van der Waals surface area contributed by atoms with Crippen LogP contribution in [-0.4, -0.2) is 49.6 Å². The number of hydrogen-bond acceptors (Lipinski definition) is 7. The van der Waals surface area contributed by atoms with Crippen molar-refractivity contribution in [2.75, 3.05) is 5.88 Å². The van der Waals surface area contributed by atoms with E-state index in [4.69, 9.17) is 44.1 Å². The summed E-state index contributed by atoms with van der Waals surface area (Å²) >= 11 is 19.2. The first-order chi connectivity index (χ1) is 19.9. The molecule has 1 aromatic heterocycles. The number of benzene rings is 1. The number of ether oxygens (including phenoxy) is 1. The van der Waals surface area contributed by atoms with E-state index in [9.17, 15) is 15.0 Å². The maximum Gasteiger partial charge on any atom is 0.351 e. The van der Waals surface area contributed by atoms with E-state index in [1.807, 2.05) is 20.8 Å². The second-order valence-electron chi connectivity index (χ2n) is 11.2. The summed E-state index contributed by atoms with van der Waals surface area (Å²) < 4.78 is 11.8. The zero-order valence-corrected chi connectivity index (χ0v) is 26.4. The van der Waals surface area contributed by atoms with Crippen LogP contribution in [0.3, 0.4) is 0 Å². The number of rotatable bonds is 13. The summed E-state index contributed by atoms with van der Waals surface area (Å²) in [5.74, 6) is 0.687. The molecule has 1 heterocycles. The zero-order chi connectivity index (χ0) is 30.8. The molecule has 2 aromatic rings. The molecule has 8 nitrogen and oxygen atoms in total. The number of hydrazone groups is 1. The lowest BCUT2D eigenvalue weighted by atomic mass is 9.66. The molecule has 0 radical (unpaired) electrons. The Labute approximate surface area is 261 Å². The van der Waals surface area contributed by atoms with Crippen molar-refractivity contribution in [3.8, 4) is 11.3 Å². The second-order valence-corrected chi connectivity index (χ2v) is 12.3. The Hall–Kier alpha value is -2.78. The number of alkyl halides is 1. The highest BCUT2D eigenvalue weighted by Crippen LogP contribution is 2.48. The highest BCUT2D eigenvalue weighted by atomic mass is 35.5. The van der Waals surface area contributed by atoms with Crippen LogP contribution < -0.4 is 0 Å². The van der Waals surface area contributed by atoms with Crippen molar-refractivity contribution in [3.05, 3.63) is 75.3 Å². The predicted octanol–water partition coefficient (Wildman–Crippen LogP) is 7.94. The molecule has 0 bridgehead atoms. The van der Waals surface area contributed by atoms with Gasteiger partial charge in [-0.2, -0.15) is 5.10 Å². The number of nitrogens with zero attached hydrogens (tertiary/aromatic N) is 3. The van der Waals surface area contributed by atoms with Gasteiger partial charge in [0, 0.05) is 35.0 Å². The highest BCUT2D eigenvalue weighted by molar-refractivity contribution is 6.39. The maximum atomic E-state index is 11.3. The molecule has 226 valence electrons. The Bertz CT molecular complexity index is 1410. The lowest BCUT2D eigenvalue weighted by Crippen LogP contribution is -2.49. The van der Waals surface area contributed by atoms with Gasteiger partial charge in [0.15, 0.2) is 0 Å². The number of aliphatic carboxylic acids is 1.